The first-order chi connectivity index (χ1) is 13.0. The molecule has 1 aliphatic heterocycles. The van der Waals surface area contributed by atoms with Crippen LogP contribution >= 0.6 is 11.6 Å². The number of benzene rings is 1. The number of aryl methyl sites for hydroxylation is 1. The van der Waals surface area contributed by atoms with Crippen molar-refractivity contribution in [3.63, 3.8) is 0 Å². The molecular weight excluding hydrogens is 368 g/mol. The molecule has 1 aromatic carbocycles. The number of nitrogens with zero attached hydrogens (tertiary/aromatic N) is 4. The second-order valence-corrected chi connectivity index (χ2v) is 6.79. The van der Waals surface area contributed by atoms with Crippen molar-refractivity contribution >= 4 is 35.1 Å². The molecule has 1 aliphatic rings. The Morgan fingerprint density at radius 1 is 1.37 bits per heavy atom. The number of hydrogen-bond acceptors (Lipinski definition) is 7. The smallest absolute Gasteiger partial charge is 0.409 e. The average Bonchev–Trinajstić information content (AvgIpc) is 2.65. The van der Waals surface area contributed by atoms with Crippen LogP contribution in [-0.2, 0) is 4.74 Å². The molecule has 2 heterocycles. The van der Waals surface area contributed by atoms with E-state index in [-0.39, 0.29) is 12.1 Å². The Kier molecular flexibility index (Phi) is 6.28. The minimum Gasteiger partial charge on any atom is -0.450 e. The monoisotopic (exact) mass is 390 g/mol. The number of aromatic nitrogens is 3. The highest BCUT2D eigenvalue weighted by Crippen LogP contribution is 2.23. The van der Waals surface area contributed by atoms with Crippen LogP contribution in [0.1, 0.15) is 25.3 Å². The molecule has 0 saturated carbocycles. The minimum absolute atomic E-state index is 0.185. The van der Waals surface area contributed by atoms with Crippen molar-refractivity contribution in [2.24, 2.45) is 0 Å². The van der Waals surface area contributed by atoms with Gasteiger partial charge in [0.25, 0.3) is 0 Å². The number of likely N-dealkylation sites (tertiary alicyclic amines) is 1. The number of rotatable bonds is 5. The first-order valence-electron chi connectivity index (χ1n) is 8.96. The van der Waals surface area contributed by atoms with Crippen LogP contribution in [0.2, 0.25) is 5.02 Å². The lowest BCUT2D eigenvalue weighted by molar-refractivity contribution is 0.0983. The Bertz CT molecular complexity index is 795. The lowest BCUT2D eigenvalue weighted by atomic mass is 10.1. The second-order valence-electron chi connectivity index (χ2n) is 6.35. The summed E-state index contributed by atoms with van der Waals surface area (Å²) < 4.78 is 5.04. The van der Waals surface area contributed by atoms with E-state index in [2.05, 4.69) is 25.8 Å². The molecule has 8 nitrogen and oxygen atoms in total. The zero-order valence-electron chi connectivity index (χ0n) is 15.4. The van der Waals surface area contributed by atoms with Crippen LogP contribution in [0.4, 0.5) is 22.2 Å². The van der Waals surface area contributed by atoms with E-state index in [4.69, 9.17) is 16.3 Å². The van der Waals surface area contributed by atoms with Crippen LogP contribution in [0.3, 0.4) is 0 Å². The van der Waals surface area contributed by atoms with Crippen LogP contribution in [0.25, 0.3) is 0 Å². The van der Waals surface area contributed by atoms with Gasteiger partial charge in [-0.15, -0.1) is 5.10 Å². The summed E-state index contributed by atoms with van der Waals surface area (Å²) in [6.07, 6.45) is 2.92. The minimum atomic E-state index is -0.251. The van der Waals surface area contributed by atoms with Gasteiger partial charge in [-0.1, -0.05) is 11.6 Å². The molecular formula is C18H23ClN6O2. The van der Waals surface area contributed by atoms with Crippen LogP contribution < -0.4 is 10.6 Å². The highest BCUT2D eigenvalue weighted by Gasteiger charge is 2.24. The van der Waals surface area contributed by atoms with Gasteiger partial charge in [-0.3, -0.25) is 0 Å². The van der Waals surface area contributed by atoms with Crippen molar-refractivity contribution in [2.45, 2.75) is 32.7 Å². The number of carbonyl (C=O) groups is 1. The predicted octanol–water partition coefficient (Wildman–Crippen LogP) is 3.61. The van der Waals surface area contributed by atoms with Crippen molar-refractivity contribution in [3.8, 4) is 0 Å². The summed E-state index contributed by atoms with van der Waals surface area (Å²) in [5, 5.41) is 15.3. The highest BCUT2D eigenvalue weighted by atomic mass is 35.5. The quantitative estimate of drug-likeness (QED) is 0.805. The zero-order chi connectivity index (χ0) is 19.2. The molecule has 1 amide bonds. The van der Waals surface area contributed by atoms with E-state index >= 15 is 0 Å². The molecule has 1 fully saturated rings. The fourth-order valence-corrected chi connectivity index (χ4v) is 3.16. The lowest BCUT2D eigenvalue weighted by Crippen LogP contribution is -2.42. The lowest BCUT2D eigenvalue weighted by Gasteiger charge is -2.31. The van der Waals surface area contributed by atoms with Gasteiger partial charge in [0, 0.05) is 29.8 Å². The number of hydrogen-bond donors (Lipinski definition) is 2. The Morgan fingerprint density at radius 2 is 2.15 bits per heavy atom. The molecule has 1 saturated heterocycles. The fourth-order valence-electron chi connectivity index (χ4n) is 2.93. The molecule has 27 heavy (non-hydrogen) atoms. The number of halogens is 1. The van der Waals surface area contributed by atoms with Gasteiger partial charge in [0.05, 0.1) is 12.8 Å². The van der Waals surface area contributed by atoms with Gasteiger partial charge in [-0.25, -0.2) is 4.79 Å². The topological polar surface area (TPSA) is 92.3 Å². The van der Waals surface area contributed by atoms with E-state index in [1.54, 1.807) is 11.1 Å². The fraction of sp³-hybridized carbons (Fsp3) is 0.444. The van der Waals surface area contributed by atoms with Gasteiger partial charge in [-0.05, 0) is 50.5 Å². The van der Waals surface area contributed by atoms with Crippen molar-refractivity contribution in [2.75, 3.05) is 30.3 Å². The SMILES string of the molecule is CCOC(=O)N1CCC(Nc2nncc(Nc3ccc(Cl)cc3C)n2)CC1. The van der Waals surface area contributed by atoms with Crippen LogP contribution in [0, 0.1) is 6.92 Å². The molecule has 0 bridgehead atoms. The third kappa shape index (κ3) is 5.19. The van der Waals surface area contributed by atoms with Crippen LogP contribution in [0.5, 0.6) is 0 Å². The van der Waals surface area contributed by atoms with Crippen molar-refractivity contribution in [1.29, 1.82) is 0 Å². The van der Waals surface area contributed by atoms with Gasteiger partial charge in [-0.2, -0.15) is 10.1 Å². The Morgan fingerprint density at radius 3 is 2.85 bits per heavy atom. The molecule has 0 aliphatic carbocycles. The third-order valence-corrected chi connectivity index (χ3v) is 4.60. The standard InChI is InChI=1S/C18H23ClN6O2/c1-3-27-18(26)25-8-6-14(7-9-25)21-17-23-16(11-20-24-17)22-15-5-4-13(19)10-12(15)2/h4-5,10-11,14H,3,6-9H2,1-2H3,(H2,21,22,23,24). The summed E-state index contributed by atoms with van der Waals surface area (Å²) in [5.74, 6) is 1.06. The summed E-state index contributed by atoms with van der Waals surface area (Å²) in [6, 6.07) is 5.79. The zero-order valence-corrected chi connectivity index (χ0v) is 16.2. The molecule has 9 heteroatoms. The van der Waals surface area contributed by atoms with E-state index in [0.717, 1.165) is 24.1 Å². The van der Waals surface area contributed by atoms with Crippen molar-refractivity contribution < 1.29 is 9.53 Å². The number of amides is 1. The molecule has 2 N–H and O–H groups in total. The largest absolute Gasteiger partial charge is 0.450 e. The first kappa shape index (κ1) is 19.2. The Balaban J connectivity index is 1.57. The van der Waals surface area contributed by atoms with Gasteiger partial charge >= 0.3 is 6.09 Å². The summed E-state index contributed by atoms with van der Waals surface area (Å²) >= 11 is 5.99. The molecule has 2 aromatic rings. The molecule has 0 unspecified atom stereocenters. The summed E-state index contributed by atoms with van der Waals surface area (Å²) in [6.45, 7) is 5.46. The molecule has 1 aromatic heterocycles. The van der Waals surface area contributed by atoms with Crippen LogP contribution in [0.15, 0.2) is 24.4 Å². The number of ether oxygens (including phenoxy) is 1. The van der Waals surface area contributed by atoms with Gasteiger partial charge in [0.15, 0.2) is 5.82 Å². The highest BCUT2D eigenvalue weighted by molar-refractivity contribution is 6.30. The predicted molar refractivity (Wildman–Crippen MR) is 105 cm³/mol. The van der Waals surface area contributed by atoms with E-state index in [9.17, 15) is 4.79 Å². The molecule has 0 spiro atoms. The van der Waals surface area contributed by atoms with E-state index in [0.29, 0.717) is 36.5 Å². The Labute approximate surface area is 163 Å². The maximum Gasteiger partial charge on any atom is 0.409 e. The molecule has 144 valence electrons. The van der Waals surface area contributed by atoms with Gasteiger partial charge in [0.1, 0.15) is 0 Å². The normalized spacial score (nSPS) is 14.7. The second kappa shape index (κ2) is 8.85. The average molecular weight is 391 g/mol. The van der Waals surface area contributed by atoms with Crippen LogP contribution in [-0.4, -0.2) is 51.9 Å². The van der Waals surface area contributed by atoms with Crippen molar-refractivity contribution in [3.05, 3.63) is 35.0 Å². The number of anilines is 3. The first-order valence-corrected chi connectivity index (χ1v) is 9.34. The summed E-state index contributed by atoms with van der Waals surface area (Å²) in [7, 11) is 0. The maximum absolute atomic E-state index is 11.8. The molecule has 3 rings (SSSR count). The maximum atomic E-state index is 11.8. The Hall–Kier alpha value is -2.61. The summed E-state index contributed by atoms with van der Waals surface area (Å²) in [4.78, 5) is 18.0. The van der Waals surface area contributed by atoms with Gasteiger partial charge in [0.2, 0.25) is 5.95 Å². The summed E-state index contributed by atoms with van der Waals surface area (Å²) in [5.41, 5.74) is 1.93. The van der Waals surface area contributed by atoms with Crippen molar-refractivity contribution in [1.82, 2.24) is 20.1 Å². The van der Waals surface area contributed by atoms with E-state index in [1.165, 1.54) is 0 Å². The number of nitrogens with one attached hydrogen (secondary N) is 2. The third-order valence-electron chi connectivity index (χ3n) is 4.36. The van der Waals surface area contributed by atoms with Gasteiger partial charge < -0.3 is 20.3 Å². The molecule has 0 radical (unpaired) electrons. The number of carbonyl (C=O) groups excluding carboxylic acids is 1. The number of piperidine rings is 1. The molecule has 0 atom stereocenters. The van der Waals surface area contributed by atoms with E-state index < -0.39 is 0 Å². The van der Waals surface area contributed by atoms with E-state index in [1.807, 2.05) is 32.0 Å².